The molecule has 10 nitrogen and oxygen atoms in total. The number of aromatic nitrogens is 5. The largest absolute Gasteiger partial charge is 0.370 e. The Balaban J connectivity index is 1.20. The van der Waals surface area contributed by atoms with Crippen molar-refractivity contribution in [2.45, 2.75) is 25.4 Å². The van der Waals surface area contributed by atoms with E-state index in [4.69, 9.17) is 4.98 Å². The number of rotatable bonds is 8. The molecule has 1 fully saturated rings. The van der Waals surface area contributed by atoms with Gasteiger partial charge in [0.05, 0.1) is 18.7 Å². The van der Waals surface area contributed by atoms with E-state index in [1.54, 1.807) is 40.7 Å². The van der Waals surface area contributed by atoms with Crippen LogP contribution >= 0.6 is 11.3 Å². The minimum Gasteiger partial charge on any atom is -0.370 e. The lowest BCUT2D eigenvalue weighted by Crippen LogP contribution is -2.44. The average molecular weight is 590 g/mol. The van der Waals surface area contributed by atoms with Crippen LogP contribution < -0.4 is 21.1 Å². The number of thiophene rings is 1. The molecule has 6 heterocycles. The summed E-state index contributed by atoms with van der Waals surface area (Å²) in [5.41, 5.74) is 4.47. The second-order valence-corrected chi connectivity index (χ2v) is 11.8. The van der Waals surface area contributed by atoms with Gasteiger partial charge >= 0.3 is 0 Å². The maximum atomic E-state index is 13.9. The molecule has 7 rings (SSSR count). The van der Waals surface area contributed by atoms with Gasteiger partial charge in [-0.05, 0) is 61.2 Å². The van der Waals surface area contributed by atoms with Crippen molar-refractivity contribution in [3.05, 3.63) is 93.6 Å². The Kier molecular flexibility index (Phi) is 7.48. The fourth-order valence-corrected chi connectivity index (χ4v) is 6.23. The Bertz CT molecular complexity index is 1860. The van der Waals surface area contributed by atoms with Crippen molar-refractivity contribution in [2.75, 3.05) is 36.9 Å². The Morgan fingerprint density at radius 3 is 2.70 bits per heavy atom. The standard InChI is InChI=1S/C32H31N9OS/c1-40(26-4-2-11-33-19-26)25-8-6-24(7-9-25)38-32-37-16-22-14-28(23-17-35-29(36-18-23)21-10-12-34-15-21)31(42)41(30(22)39-32)20-27-5-3-13-43-27/h3,5-10,13-18,26,33H,2,4,11-12,19-20H2,1H3,(H,37,38,39). The predicted molar refractivity (Wildman–Crippen MR) is 174 cm³/mol. The normalized spacial score (nSPS) is 16.4. The molecule has 43 heavy (non-hydrogen) atoms. The first kappa shape index (κ1) is 27.1. The van der Waals surface area contributed by atoms with Gasteiger partial charge in [-0.3, -0.25) is 14.4 Å². The van der Waals surface area contributed by atoms with Gasteiger partial charge in [-0.25, -0.2) is 15.0 Å². The third kappa shape index (κ3) is 5.69. The summed E-state index contributed by atoms with van der Waals surface area (Å²) in [5.74, 6) is 1.02. The number of allylic oxidation sites excluding steroid dienone is 1. The molecule has 0 bridgehead atoms. The highest BCUT2D eigenvalue weighted by molar-refractivity contribution is 7.09. The highest BCUT2D eigenvalue weighted by Gasteiger charge is 2.19. The molecule has 1 saturated heterocycles. The van der Waals surface area contributed by atoms with E-state index in [1.807, 2.05) is 41.8 Å². The van der Waals surface area contributed by atoms with Crippen molar-refractivity contribution < 1.29 is 0 Å². The second-order valence-electron chi connectivity index (χ2n) is 10.7. The van der Waals surface area contributed by atoms with Gasteiger partial charge in [0.15, 0.2) is 5.82 Å². The Hall–Kier alpha value is -4.74. The molecule has 0 aliphatic carbocycles. The number of nitrogens with one attached hydrogen (secondary N) is 2. The lowest BCUT2D eigenvalue weighted by atomic mass is 10.1. The van der Waals surface area contributed by atoms with E-state index < -0.39 is 0 Å². The molecule has 2 aliphatic heterocycles. The molecule has 2 aliphatic rings. The zero-order valence-electron chi connectivity index (χ0n) is 23.8. The van der Waals surface area contributed by atoms with Crippen molar-refractivity contribution in [2.24, 2.45) is 4.99 Å². The number of nitrogens with zero attached hydrogens (tertiary/aromatic N) is 7. The van der Waals surface area contributed by atoms with Gasteiger partial charge in [0, 0.05) is 77.2 Å². The summed E-state index contributed by atoms with van der Waals surface area (Å²) >= 11 is 1.60. The Morgan fingerprint density at radius 1 is 1.12 bits per heavy atom. The third-order valence-corrected chi connectivity index (χ3v) is 8.80. The summed E-state index contributed by atoms with van der Waals surface area (Å²) in [7, 11) is 2.15. The van der Waals surface area contributed by atoms with Gasteiger partial charge in [0.25, 0.3) is 5.56 Å². The Morgan fingerprint density at radius 2 is 1.98 bits per heavy atom. The van der Waals surface area contributed by atoms with E-state index >= 15 is 0 Å². The number of pyridine rings is 1. The van der Waals surface area contributed by atoms with Crippen LogP contribution in [0.15, 0.2) is 82.3 Å². The van der Waals surface area contributed by atoms with Crippen LogP contribution in [0.5, 0.6) is 0 Å². The molecule has 1 aromatic carbocycles. The van der Waals surface area contributed by atoms with Crippen LogP contribution in [0.1, 0.15) is 23.5 Å². The molecule has 4 aromatic heterocycles. The minimum absolute atomic E-state index is 0.159. The summed E-state index contributed by atoms with van der Waals surface area (Å²) in [6.07, 6.45) is 11.3. The first-order chi connectivity index (χ1) is 21.1. The topological polar surface area (TPSA) is 113 Å². The fourth-order valence-electron chi connectivity index (χ4n) is 5.53. The van der Waals surface area contributed by atoms with Gasteiger partial charge in [-0.15, -0.1) is 11.3 Å². The summed E-state index contributed by atoms with van der Waals surface area (Å²) < 4.78 is 1.71. The van der Waals surface area contributed by atoms with E-state index in [-0.39, 0.29) is 5.56 Å². The smallest absolute Gasteiger partial charge is 0.260 e. The van der Waals surface area contributed by atoms with E-state index in [2.05, 4.69) is 54.7 Å². The first-order valence-corrected chi connectivity index (χ1v) is 15.3. The summed E-state index contributed by atoms with van der Waals surface area (Å²) in [4.78, 5) is 40.0. The van der Waals surface area contributed by atoms with Crippen molar-refractivity contribution >= 4 is 51.5 Å². The number of piperidine rings is 1. The maximum Gasteiger partial charge on any atom is 0.260 e. The number of hydrogen-bond donors (Lipinski definition) is 2. The minimum atomic E-state index is -0.159. The van der Waals surface area contributed by atoms with Crippen LogP contribution in [0.4, 0.5) is 17.3 Å². The van der Waals surface area contributed by atoms with Crippen LogP contribution in [0, 0.1) is 0 Å². The molecule has 0 saturated carbocycles. The molecular formula is C32H31N9OS. The summed E-state index contributed by atoms with van der Waals surface area (Å²) in [6, 6.07) is 14.6. The van der Waals surface area contributed by atoms with Crippen LogP contribution in [0.2, 0.25) is 0 Å². The van der Waals surface area contributed by atoms with E-state index in [9.17, 15) is 4.79 Å². The van der Waals surface area contributed by atoms with Crippen molar-refractivity contribution in [3.63, 3.8) is 0 Å². The second kappa shape index (κ2) is 11.9. The molecule has 2 N–H and O–H groups in total. The van der Waals surface area contributed by atoms with Crippen molar-refractivity contribution in [1.29, 1.82) is 0 Å². The fraction of sp³-hybridized carbons (Fsp3) is 0.250. The molecule has 216 valence electrons. The van der Waals surface area contributed by atoms with Gasteiger partial charge in [-0.2, -0.15) is 4.98 Å². The molecule has 1 unspecified atom stereocenters. The lowest BCUT2D eigenvalue weighted by molar-refractivity contribution is 0.445. The van der Waals surface area contributed by atoms with Crippen LogP contribution in [-0.4, -0.2) is 63.4 Å². The molecule has 1 atom stereocenters. The molecular weight excluding hydrogens is 558 g/mol. The number of aliphatic imine (C=N–C) groups is 1. The molecule has 0 spiro atoms. The number of hydrogen-bond acceptors (Lipinski definition) is 10. The van der Waals surface area contributed by atoms with E-state index in [0.717, 1.165) is 34.6 Å². The first-order valence-electron chi connectivity index (χ1n) is 14.4. The van der Waals surface area contributed by atoms with Crippen LogP contribution in [0.3, 0.4) is 0 Å². The van der Waals surface area contributed by atoms with Gasteiger partial charge in [-0.1, -0.05) is 12.1 Å². The highest BCUT2D eigenvalue weighted by atomic mass is 32.1. The lowest BCUT2D eigenvalue weighted by Gasteiger charge is -2.33. The van der Waals surface area contributed by atoms with E-state index in [0.29, 0.717) is 47.7 Å². The highest BCUT2D eigenvalue weighted by Crippen LogP contribution is 2.25. The van der Waals surface area contributed by atoms with Gasteiger partial charge in [0.1, 0.15) is 5.65 Å². The Labute approximate surface area is 252 Å². The van der Waals surface area contributed by atoms with Crippen LogP contribution in [-0.2, 0) is 6.54 Å². The number of likely N-dealkylation sites (N-methyl/N-ethyl adjacent to an activating group) is 1. The average Bonchev–Trinajstić information content (AvgIpc) is 3.78. The quantitative estimate of drug-likeness (QED) is 0.267. The van der Waals surface area contributed by atoms with Crippen molar-refractivity contribution in [3.8, 4) is 11.1 Å². The number of anilines is 3. The summed E-state index contributed by atoms with van der Waals surface area (Å²) in [6.45, 7) is 3.13. The predicted octanol–water partition coefficient (Wildman–Crippen LogP) is 4.76. The molecule has 0 amide bonds. The number of benzene rings is 1. The molecule has 0 radical (unpaired) electrons. The van der Waals surface area contributed by atoms with Gasteiger partial charge < -0.3 is 15.5 Å². The van der Waals surface area contributed by atoms with Crippen molar-refractivity contribution in [1.82, 2.24) is 29.8 Å². The summed E-state index contributed by atoms with van der Waals surface area (Å²) in [5, 5.41) is 9.57. The molecule has 11 heteroatoms. The number of fused-ring (bicyclic) bond motifs is 1. The van der Waals surface area contributed by atoms with Gasteiger partial charge in [0.2, 0.25) is 5.95 Å². The van der Waals surface area contributed by atoms with E-state index in [1.165, 1.54) is 18.5 Å². The monoisotopic (exact) mass is 589 g/mol. The zero-order chi connectivity index (χ0) is 29.2. The third-order valence-electron chi connectivity index (χ3n) is 7.94. The molecule has 5 aromatic rings. The maximum absolute atomic E-state index is 13.9. The SMILES string of the molecule is CN(c1ccc(Nc2ncc3cc(-c4cnc(C5=CCN=C5)nc4)c(=O)n(Cc4cccs4)c3n2)cc1)C1CCCNC1. The van der Waals surface area contributed by atoms with Crippen LogP contribution in [0.25, 0.3) is 27.7 Å². The zero-order valence-corrected chi connectivity index (χ0v) is 24.6.